The number of aliphatic hydroxyl groups is 2. The first-order valence-electron chi connectivity index (χ1n) is 10.1. The molecule has 1 heterocycles. The van der Waals surface area contributed by atoms with Crippen LogP contribution in [0, 0.1) is 0 Å². The van der Waals surface area contributed by atoms with Crippen molar-refractivity contribution in [3.05, 3.63) is 76.9 Å². The largest absolute Gasteiger partial charge is 0.508 e. The Morgan fingerprint density at radius 1 is 1.13 bits per heavy atom. The van der Waals surface area contributed by atoms with Crippen molar-refractivity contribution < 1.29 is 23.7 Å². The molecule has 5 nitrogen and oxygen atoms in total. The molecule has 3 rings (SSSR count). The van der Waals surface area contributed by atoms with E-state index in [2.05, 4.69) is 0 Å². The van der Waals surface area contributed by atoms with Crippen LogP contribution in [-0.2, 0) is 9.84 Å². The second-order valence-electron chi connectivity index (χ2n) is 7.57. The van der Waals surface area contributed by atoms with Gasteiger partial charge in [0, 0.05) is 0 Å². The van der Waals surface area contributed by atoms with Crippen LogP contribution in [0.4, 0.5) is 0 Å². The Bertz CT molecular complexity index is 1020. The van der Waals surface area contributed by atoms with Crippen molar-refractivity contribution in [3.8, 4) is 5.75 Å². The Labute approximate surface area is 177 Å². The molecule has 2 aromatic rings. The first-order chi connectivity index (χ1) is 14.4. The SMILES string of the molecule is CCC1=C([C@H](O)CC/C(=C/c2ccc(O)cc2)c2ccccc2)[C@H](CO)S(=O)(=O)C1. The number of benzene rings is 2. The van der Waals surface area contributed by atoms with Gasteiger partial charge in [-0.25, -0.2) is 8.42 Å². The Morgan fingerprint density at radius 2 is 1.80 bits per heavy atom. The molecule has 6 heteroatoms. The minimum atomic E-state index is -3.46. The molecule has 0 fully saturated rings. The molecule has 2 atom stereocenters. The van der Waals surface area contributed by atoms with Crippen LogP contribution in [0.15, 0.2) is 65.7 Å². The molecule has 0 saturated carbocycles. The van der Waals surface area contributed by atoms with Crippen molar-refractivity contribution in [2.45, 2.75) is 37.5 Å². The molecule has 1 aliphatic rings. The van der Waals surface area contributed by atoms with Gasteiger partial charge in [-0.1, -0.05) is 61.0 Å². The van der Waals surface area contributed by atoms with Crippen LogP contribution >= 0.6 is 0 Å². The van der Waals surface area contributed by atoms with Gasteiger partial charge in [-0.3, -0.25) is 0 Å². The van der Waals surface area contributed by atoms with Crippen LogP contribution in [0.2, 0.25) is 0 Å². The number of rotatable bonds is 8. The first-order valence-corrected chi connectivity index (χ1v) is 11.8. The summed E-state index contributed by atoms with van der Waals surface area (Å²) >= 11 is 0. The summed E-state index contributed by atoms with van der Waals surface area (Å²) in [5.41, 5.74) is 4.12. The van der Waals surface area contributed by atoms with Crippen LogP contribution in [0.25, 0.3) is 11.6 Å². The fourth-order valence-electron chi connectivity index (χ4n) is 3.99. The predicted octanol–water partition coefficient (Wildman–Crippen LogP) is 3.57. The summed E-state index contributed by atoms with van der Waals surface area (Å²) in [5.74, 6) is 0.107. The van der Waals surface area contributed by atoms with Crippen LogP contribution < -0.4 is 0 Å². The molecule has 0 bridgehead atoms. The number of aliphatic hydroxyl groups excluding tert-OH is 2. The second kappa shape index (κ2) is 9.60. The van der Waals surface area contributed by atoms with Gasteiger partial charge in [0.2, 0.25) is 0 Å². The maximum Gasteiger partial charge on any atom is 0.163 e. The number of sulfone groups is 1. The summed E-state index contributed by atoms with van der Waals surface area (Å²) in [6, 6.07) is 16.7. The zero-order valence-electron chi connectivity index (χ0n) is 17.0. The highest BCUT2D eigenvalue weighted by atomic mass is 32.2. The summed E-state index contributed by atoms with van der Waals surface area (Å²) in [5, 5.41) is 29.0. The van der Waals surface area contributed by atoms with E-state index in [0.717, 1.165) is 16.7 Å². The topological polar surface area (TPSA) is 94.8 Å². The molecular weight excluding hydrogens is 400 g/mol. The molecule has 160 valence electrons. The van der Waals surface area contributed by atoms with E-state index in [1.165, 1.54) is 0 Å². The lowest BCUT2D eigenvalue weighted by Crippen LogP contribution is -2.29. The van der Waals surface area contributed by atoms with Crippen molar-refractivity contribution in [1.82, 2.24) is 0 Å². The van der Waals surface area contributed by atoms with Crippen LogP contribution in [0.5, 0.6) is 5.75 Å². The Kier molecular flexibility index (Phi) is 7.13. The molecule has 0 radical (unpaired) electrons. The molecule has 0 aromatic heterocycles. The maximum atomic E-state index is 12.4. The molecule has 0 saturated heterocycles. The van der Waals surface area contributed by atoms with Crippen LogP contribution in [-0.4, -0.2) is 47.5 Å². The van der Waals surface area contributed by atoms with Gasteiger partial charge in [-0.05, 0) is 53.7 Å². The van der Waals surface area contributed by atoms with Gasteiger partial charge in [-0.15, -0.1) is 0 Å². The molecule has 2 aromatic carbocycles. The molecule has 1 aliphatic heterocycles. The number of hydrogen-bond donors (Lipinski definition) is 3. The Balaban J connectivity index is 1.86. The summed E-state index contributed by atoms with van der Waals surface area (Å²) in [6.07, 6.45) is 2.50. The average molecular weight is 429 g/mol. The van der Waals surface area contributed by atoms with Gasteiger partial charge >= 0.3 is 0 Å². The number of allylic oxidation sites excluding steroid dienone is 1. The highest BCUT2D eigenvalue weighted by molar-refractivity contribution is 7.92. The Morgan fingerprint density at radius 3 is 2.40 bits per heavy atom. The molecule has 0 aliphatic carbocycles. The van der Waals surface area contributed by atoms with E-state index in [9.17, 15) is 23.7 Å². The fourth-order valence-corrected chi connectivity index (χ4v) is 5.98. The second-order valence-corrected chi connectivity index (χ2v) is 9.76. The molecular formula is C24H28O5S. The lowest BCUT2D eigenvalue weighted by atomic mass is 9.92. The molecule has 3 N–H and O–H groups in total. The fraction of sp³-hybridized carbons (Fsp3) is 0.333. The normalized spacial score (nSPS) is 19.8. The smallest absolute Gasteiger partial charge is 0.163 e. The number of phenolic OH excluding ortho intramolecular Hbond substituents is 1. The summed E-state index contributed by atoms with van der Waals surface area (Å²) in [7, 11) is -3.46. The third kappa shape index (κ3) is 5.01. The van der Waals surface area contributed by atoms with E-state index in [0.29, 0.717) is 30.4 Å². The van der Waals surface area contributed by atoms with E-state index in [4.69, 9.17) is 0 Å². The van der Waals surface area contributed by atoms with Crippen molar-refractivity contribution in [2.75, 3.05) is 12.4 Å². The van der Waals surface area contributed by atoms with Gasteiger partial charge in [-0.2, -0.15) is 0 Å². The van der Waals surface area contributed by atoms with Crippen LogP contribution in [0.3, 0.4) is 0 Å². The highest BCUT2D eigenvalue weighted by Crippen LogP contribution is 2.34. The van der Waals surface area contributed by atoms with Crippen molar-refractivity contribution in [2.24, 2.45) is 0 Å². The van der Waals surface area contributed by atoms with Gasteiger partial charge in [0.25, 0.3) is 0 Å². The quantitative estimate of drug-likeness (QED) is 0.441. The predicted molar refractivity (Wildman–Crippen MR) is 120 cm³/mol. The monoisotopic (exact) mass is 428 g/mol. The van der Waals surface area contributed by atoms with Gasteiger partial charge in [0.1, 0.15) is 11.0 Å². The first kappa shape index (κ1) is 22.3. The third-order valence-corrected chi connectivity index (χ3v) is 7.60. The molecule has 30 heavy (non-hydrogen) atoms. The summed E-state index contributed by atoms with van der Waals surface area (Å²) < 4.78 is 24.7. The third-order valence-electron chi connectivity index (χ3n) is 5.58. The zero-order chi connectivity index (χ0) is 21.7. The molecule has 0 amide bonds. The standard InChI is InChI=1S/C24H28O5S/c1-2-18-16-30(28,29)23(15-25)24(18)22(27)13-10-20(19-6-4-3-5-7-19)14-17-8-11-21(26)12-9-17/h3-9,11-12,14,22-23,25-27H,2,10,13,15-16H2,1H3/b20-14-/t22-,23+/m1/s1. The van der Waals surface area contributed by atoms with E-state index in [1.807, 2.05) is 55.5 Å². The van der Waals surface area contributed by atoms with Crippen molar-refractivity contribution in [1.29, 1.82) is 0 Å². The lowest BCUT2D eigenvalue weighted by Gasteiger charge is -2.20. The van der Waals surface area contributed by atoms with Gasteiger partial charge < -0.3 is 15.3 Å². The van der Waals surface area contributed by atoms with E-state index < -0.39 is 27.8 Å². The summed E-state index contributed by atoms with van der Waals surface area (Å²) in [6.45, 7) is 1.37. The van der Waals surface area contributed by atoms with Crippen LogP contribution in [0.1, 0.15) is 37.3 Å². The highest BCUT2D eigenvalue weighted by Gasteiger charge is 2.40. The minimum Gasteiger partial charge on any atom is -0.508 e. The van der Waals surface area contributed by atoms with E-state index >= 15 is 0 Å². The number of phenols is 1. The Hall–Kier alpha value is -2.41. The summed E-state index contributed by atoms with van der Waals surface area (Å²) in [4.78, 5) is 0. The molecule has 0 unspecified atom stereocenters. The molecule has 0 spiro atoms. The minimum absolute atomic E-state index is 0.0873. The zero-order valence-corrected chi connectivity index (χ0v) is 17.8. The van der Waals surface area contributed by atoms with E-state index in [-0.39, 0.29) is 11.5 Å². The number of aromatic hydroxyl groups is 1. The van der Waals surface area contributed by atoms with E-state index in [1.54, 1.807) is 12.1 Å². The average Bonchev–Trinajstić information content (AvgIpc) is 3.02. The van der Waals surface area contributed by atoms with Crippen molar-refractivity contribution >= 4 is 21.5 Å². The van der Waals surface area contributed by atoms with Gasteiger partial charge in [0.15, 0.2) is 9.84 Å². The van der Waals surface area contributed by atoms with Gasteiger partial charge in [0.05, 0.1) is 18.5 Å². The maximum absolute atomic E-state index is 12.4. The number of hydrogen-bond acceptors (Lipinski definition) is 5. The lowest BCUT2D eigenvalue weighted by molar-refractivity contribution is 0.190. The van der Waals surface area contributed by atoms with Crippen molar-refractivity contribution in [3.63, 3.8) is 0 Å².